The van der Waals surface area contributed by atoms with Gasteiger partial charge in [-0.05, 0) is 35.6 Å². The van der Waals surface area contributed by atoms with Gasteiger partial charge in [0.05, 0.1) is 7.11 Å². The summed E-state index contributed by atoms with van der Waals surface area (Å²) in [4.78, 5) is 3.89. The Hall–Kier alpha value is -1.69. The summed E-state index contributed by atoms with van der Waals surface area (Å²) >= 11 is 0. The fourth-order valence-electron chi connectivity index (χ4n) is 3.04. The maximum absolute atomic E-state index is 7.31. The minimum absolute atomic E-state index is 0. The van der Waals surface area contributed by atoms with Crippen LogP contribution in [-0.2, 0) is 39.3 Å². The van der Waals surface area contributed by atoms with E-state index in [2.05, 4.69) is 43.2 Å². The molecule has 0 aliphatic heterocycles. The Morgan fingerprint density at radius 3 is 2.39 bits per heavy atom. The zero-order chi connectivity index (χ0) is 22.1. The molecular weight excluding hydrogens is 461 g/mol. The molecular formula is C25H34N4OY-2. The summed E-state index contributed by atoms with van der Waals surface area (Å²) in [5.74, 6) is 1.50. The number of aliphatic imine (C=N–C) groups is 1. The monoisotopic (exact) mass is 495 g/mol. The van der Waals surface area contributed by atoms with Gasteiger partial charge in [0.2, 0.25) is 0 Å². The molecule has 0 bridgehead atoms. The molecule has 5 nitrogen and oxygen atoms in total. The van der Waals surface area contributed by atoms with E-state index in [0.717, 1.165) is 23.4 Å². The zero-order valence-electron chi connectivity index (χ0n) is 19.4. The Labute approximate surface area is 212 Å². The third-order valence-corrected chi connectivity index (χ3v) is 5.04. The molecule has 6 heteroatoms. The van der Waals surface area contributed by atoms with Crippen molar-refractivity contribution in [1.29, 1.82) is 0 Å². The molecule has 0 atom stereocenters. The molecule has 2 aromatic rings. The molecule has 1 aliphatic carbocycles. The summed E-state index contributed by atoms with van der Waals surface area (Å²) in [6, 6.07) is 12.2. The van der Waals surface area contributed by atoms with Gasteiger partial charge in [0.15, 0.2) is 0 Å². The van der Waals surface area contributed by atoms with Crippen molar-refractivity contribution >= 4 is 17.5 Å². The van der Waals surface area contributed by atoms with Gasteiger partial charge in [0.25, 0.3) is 0 Å². The molecule has 3 rings (SSSR count). The summed E-state index contributed by atoms with van der Waals surface area (Å²) in [6.07, 6.45) is 5.77. The third-order valence-electron chi connectivity index (χ3n) is 5.04. The normalized spacial score (nSPS) is 13.5. The molecule has 3 N–H and O–H groups in total. The van der Waals surface area contributed by atoms with E-state index in [4.69, 9.17) is 16.2 Å². The van der Waals surface area contributed by atoms with Crippen LogP contribution in [0.15, 0.2) is 47.6 Å². The molecule has 1 fully saturated rings. The van der Waals surface area contributed by atoms with Crippen LogP contribution < -0.4 is 10.5 Å². The van der Waals surface area contributed by atoms with Crippen LogP contribution in [0, 0.1) is 6.92 Å². The molecule has 0 spiro atoms. The maximum Gasteiger partial charge on any atom is 0.122 e. The van der Waals surface area contributed by atoms with Crippen molar-refractivity contribution in [3.63, 3.8) is 0 Å². The predicted molar refractivity (Wildman–Crippen MR) is 129 cm³/mol. The smallest absolute Gasteiger partial charge is 0.122 e. The number of rotatable bonds is 7. The van der Waals surface area contributed by atoms with Crippen LogP contribution in [0.2, 0.25) is 0 Å². The van der Waals surface area contributed by atoms with Crippen molar-refractivity contribution in [1.82, 2.24) is 0 Å². The summed E-state index contributed by atoms with van der Waals surface area (Å²) in [6.45, 7) is 7.41. The van der Waals surface area contributed by atoms with Crippen LogP contribution in [0.4, 0.5) is 5.69 Å². The quantitative estimate of drug-likeness (QED) is 0.443. The molecule has 0 aromatic heterocycles. The number of hydrogen-bond donors (Lipinski definition) is 1. The van der Waals surface area contributed by atoms with E-state index in [9.17, 15) is 0 Å². The first-order valence-electron chi connectivity index (χ1n) is 10.4. The molecule has 1 radical (unpaired) electrons. The Balaban J connectivity index is 0.000000311. The van der Waals surface area contributed by atoms with Crippen LogP contribution in [0.1, 0.15) is 54.9 Å². The predicted octanol–water partition coefficient (Wildman–Crippen LogP) is 6.53. The van der Waals surface area contributed by atoms with Crippen molar-refractivity contribution in [3.05, 3.63) is 75.9 Å². The Morgan fingerprint density at radius 2 is 1.90 bits per heavy atom. The molecule has 0 saturated heterocycles. The second-order valence-electron chi connectivity index (χ2n) is 7.83. The van der Waals surface area contributed by atoms with Gasteiger partial charge in [-0.1, -0.05) is 62.6 Å². The number of nitrogens with one attached hydrogen (secondary N) is 1. The van der Waals surface area contributed by atoms with Gasteiger partial charge in [-0.2, -0.15) is 0 Å². The number of methoxy groups -OCH3 is 1. The van der Waals surface area contributed by atoms with Crippen molar-refractivity contribution in [3.8, 4) is 5.75 Å². The van der Waals surface area contributed by atoms with E-state index in [0.29, 0.717) is 17.6 Å². The number of nitrogens with zero attached hydrogens (tertiary/aromatic N) is 2. The van der Waals surface area contributed by atoms with Gasteiger partial charge in [-0.15, -0.1) is 18.3 Å². The first kappa shape index (κ1) is 27.3. The van der Waals surface area contributed by atoms with Gasteiger partial charge in [0, 0.05) is 57.7 Å². The molecule has 0 unspecified atom stereocenters. The van der Waals surface area contributed by atoms with E-state index < -0.39 is 0 Å². The maximum atomic E-state index is 7.31. The van der Waals surface area contributed by atoms with Gasteiger partial charge < -0.3 is 21.5 Å². The molecule has 165 valence electrons. The van der Waals surface area contributed by atoms with Crippen molar-refractivity contribution in [2.24, 2.45) is 10.7 Å². The van der Waals surface area contributed by atoms with E-state index in [1.807, 2.05) is 12.1 Å². The van der Waals surface area contributed by atoms with Crippen LogP contribution in [0.25, 0.3) is 16.6 Å². The standard InChI is InChI=1S/C15H22NO.C10H12N3.Y/c1-10(2)14-8-12(9-16-13-5-6-13)11(3)7-15(14)17-4;1-13-7-9(6-11)8-2-4-10(12)5-3-8;/h7-8,10,13H,5-6,9H2,1-4H3;2-7,12H,11H2,1H3;/q2*-1;/b;9-6+,13-7?;. The van der Waals surface area contributed by atoms with Gasteiger partial charge in [-0.25, -0.2) is 0 Å². The number of nitrogens with two attached hydrogens (primary N) is 1. The number of aryl methyl sites for hydroxylation is 1. The summed E-state index contributed by atoms with van der Waals surface area (Å²) in [5, 5.41) is 4.68. The average Bonchev–Trinajstić information content (AvgIpc) is 3.56. The second kappa shape index (κ2) is 13.7. The summed E-state index contributed by atoms with van der Waals surface area (Å²) < 4.78 is 5.45. The number of hydrogen-bond acceptors (Lipinski definition) is 3. The second-order valence-corrected chi connectivity index (χ2v) is 7.83. The summed E-state index contributed by atoms with van der Waals surface area (Å²) in [5.41, 5.74) is 19.0. The third kappa shape index (κ3) is 8.76. The van der Waals surface area contributed by atoms with E-state index in [1.54, 1.807) is 32.5 Å². The van der Waals surface area contributed by atoms with Crippen molar-refractivity contribution in [2.45, 2.75) is 52.1 Å². The summed E-state index contributed by atoms with van der Waals surface area (Å²) in [7, 11) is 3.44. The Kier molecular flexibility index (Phi) is 12.1. The Morgan fingerprint density at radius 1 is 1.26 bits per heavy atom. The molecule has 0 heterocycles. The molecule has 1 saturated carbocycles. The van der Waals surface area contributed by atoms with Crippen molar-refractivity contribution < 1.29 is 37.4 Å². The topological polar surface area (TPSA) is 85.5 Å². The minimum atomic E-state index is 0. The van der Waals surface area contributed by atoms with Crippen LogP contribution in [0.5, 0.6) is 5.75 Å². The van der Waals surface area contributed by atoms with Gasteiger partial charge >= 0.3 is 0 Å². The van der Waals surface area contributed by atoms with Crippen LogP contribution in [0.3, 0.4) is 0 Å². The largest absolute Gasteiger partial charge is 0.699 e. The molecule has 31 heavy (non-hydrogen) atoms. The van der Waals surface area contributed by atoms with E-state index in [-0.39, 0.29) is 32.7 Å². The SMILES string of the molecule is CN=C/C(=C\N)c1ccc([NH-])cc1.COc1cc(C)c(C[N-]C2CC2)cc1C(C)C.[Y]. The zero-order valence-corrected chi connectivity index (χ0v) is 22.2. The molecule has 0 amide bonds. The van der Waals surface area contributed by atoms with E-state index in [1.165, 1.54) is 35.7 Å². The first-order valence-corrected chi connectivity index (χ1v) is 10.4. The number of benzene rings is 2. The first-order chi connectivity index (χ1) is 14.4. The fraction of sp³-hybridized carbons (Fsp3) is 0.400. The number of ether oxygens (including phenoxy) is 1. The van der Waals surface area contributed by atoms with Crippen LogP contribution >= 0.6 is 0 Å². The van der Waals surface area contributed by atoms with Gasteiger partial charge in [0.1, 0.15) is 5.75 Å². The number of allylic oxidation sites excluding steroid dienone is 1. The Bertz CT molecular complexity index is 872. The van der Waals surface area contributed by atoms with Crippen LogP contribution in [-0.4, -0.2) is 26.4 Å². The average molecular weight is 495 g/mol. The minimum Gasteiger partial charge on any atom is -0.699 e. The molecule has 1 aliphatic rings. The van der Waals surface area contributed by atoms with Gasteiger partial charge in [-0.3, -0.25) is 4.99 Å². The fourth-order valence-corrected chi connectivity index (χ4v) is 3.04. The van der Waals surface area contributed by atoms with E-state index >= 15 is 0 Å². The van der Waals surface area contributed by atoms with Crippen molar-refractivity contribution in [2.75, 3.05) is 14.2 Å². The molecule has 2 aromatic carbocycles.